The lowest BCUT2D eigenvalue weighted by molar-refractivity contribution is -0.122. The molecule has 0 saturated carbocycles. The molecule has 0 aliphatic rings. The molecule has 23 heavy (non-hydrogen) atoms. The van der Waals surface area contributed by atoms with Crippen molar-refractivity contribution in [3.8, 4) is 5.75 Å². The lowest BCUT2D eigenvalue weighted by Crippen LogP contribution is -2.30. The number of benzene rings is 2. The van der Waals surface area contributed by atoms with Gasteiger partial charge in [-0.3, -0.25) is 4.79 Å². The highest BCUT2D eigenvalue weighted by atomic mass is 16.5. The van der Waals surface area contributed by atoms with E-state index in [0.29, 0.717) is 11.7 Å². The molecule has 3 heteroatoms. The minimum absolute atomic E-state index is 0.136. The van der Waals surface area contributed by atoms with Crippen LogP contribution in [0, 0.1) is 13.8 Å². The van der Waals surface area contributed by atoms with Gasteiger partial charge in [-0.05, 0) is 55.5 Å². The highest BCUT2D eigenvalue weighted by Crippen LogP contribution is 2.27. The summed E-state index contributed by atoms with van der Waals surface area (Å²) in [5.41, 5.74) is 4.21. The Labute approximate surface area is 138 Å². The fourth-order valence-electron chi connectivity index (χ4n) is 2.51. The molecule has 0 radical (unpaired) electrons. The van der Waals surface area contributed by atoms with Crippen molar-refractivity contribution in [2.24, 2.45) is 0 Å². The minimum atomic E-state index is -0.559. The lowest BCUT2D eigenvalue weighted by Gasteiger charge is -2.19. The van der Waals surface area contributed by atoms with Gasteiger partial charge in [0, 0.05) is 5.69 Å². The molecular formula is C20H25NO2. The van der Waals surface area contributed by atoms with Gasteiger partial charge in [-0.2, -0.15) is 0 Å². The summed E-state index contributed by atoms with van der Waals surface area (Å²) in [6.45, 7) is 10.0. The number of carbonyl (C=O) groups excluding carboxylic acids is 1. The van der Waals surface area contributed by atoms with Crippen molar-refractivity contribution in [2.45, 2.75) is 46.6 Å². The normalized spacial score (nSPS) is 12.1. The van der Waals surface area contributed by atoms with Crippen molar-refractivity contribution in [3.63, 3.8) is 0 Å². The predicted molar refractivity (Wildman–Crippen MR) is 95.2 cm³/mol. The van der Waals surface area contributed by atoms with Crippen LogP contribution in [0.4, 0.5) is 5.69 Å². The second-order valence-electron chi connectivity index (χ2n) is 6.26. The third-order valence-electron chi connectivity index (χ3n) is 3.85. The summed E-state index contributed by atoms with van der Waals surface area (Å²) in [5.74, 6) is 0.919. The second-order valence-corrected chi connectivity index (χ2v) is 6.26. The smallest absolute Gasteiger partial charge is 0.265 e. The molecule has 122 valence electrons. The largest absolute Gasteiger partial charge is 0.481 e. The maximum Gasteiger partial charge on any atom is 0.265 e. The van der Waals surface area contributed by atoms with Crippen molar-refractivity contribution in [1.82, 2.24) is 0 Å². The first-order chi connectivity index (χ1) is 10.9. The molecule has 0 spiro atoms. The molecule has 2 aromatic rings. The van der Waals surface area contributed by atoms with Gasteiger partial charge in [0.25, 0.3) is 5.91 Å². The fraction of sp³-hybridized carbons (Fsp3) is 0.350. The average Bonchev–Trinajstić information content (AvgIpc) is 2.48. The van der Waals surface area contributed by atoms with E-state index in [2.05, 4.69) is 25.2 Å². The van der Waals surface area contributed by atoms with Crippen molar-refractivity contribution in [2.75, 3.05) is 5.32 Å². The number of carbonyl (C=O) groups is 1. The number of para-hydroxylation sites is 1. The van der Waals surface area contributed by atoms with Gasteiger partial charge in [0.05, 0.1) is 0 Å². The zero-order chi connectivity index (χ0) is 17.0. The predicted octanol–water partition coefficient (Wildman–Crippen LogP) is 4.83. The SMILES string of the molecule is Cc1cccc(O[C@H](C)C(=O)Nc2c(C)cccc2C(C)C)c1. The highest BCUT2D eigenvalue weighted by molar-refractivity contribution is 5.95. The number of anilines is 1. The van der Waals surface area contributed by atoms with E-state index in [1.807, 2.05) is 50.2 Å². The zero-order valence-corrected chi connectivity index (χ0v) is 14.5. The van der Waals surface area contributed by atoms with Crippen LogP contribution >= 0.6 is 0 Å². The van der Waals surface area contributed by atoms with Gasteiger partial charge < -0.3 is 10.1 Å². The van der Waals surface area contributed by atoms with E-state index in [9.17, 15) is 4.79 Å². The maximum atomic E-state index is 12.5. The fourth-order valence-corrected chi connectivity index (χ4v) is 2.51. The Bertz CT molecular complexity index is 692. The number of hydrogen-bond acceptors (Lipinski definition) is 2. The minimum Gasteiger partial charge on any atom is -0.481 e. The first-order valence-electron chi connectivity index (χ1n) is 8.02. The van der Waals surface area contributed by atoms with Gasteiger partial charge in [0.1, 0.15) is 5.75 Å². The quantitative estimate of drug-likeness (QED) is 0.858. The number of ether oxygens (including phenoxy) is 1. The van der Waals surface area contributed by atoms with Crippen molar-refractivity contribution < 1.29 is 9.53 Å². The second kappa shape index (κ2) is 7.32. The molecule has 0 fully saturated rings. The highest BCUT2D eigenvalue weighted by Gasteiger charge is 2.18. The molecule has 0 aliphatic carbocycles. The molecule has 0 saturated heterocycles. The van der Waals surface area contributed by atoms with Crippen LogP contribution in [0.1, 0.15) is 43.4 Å². The summed E-state index contributed by atoms with van der Waals surface area (Å²) < 4.78 is 5.76. The lowest BCUT2D eigenvalue weighted by atomic mass is 9.98. The van der Waals surface area contributed by atoms with Crippen LogP contribution in [-0.2, 0) is 4.79 Å². The van der Waals surface area contributed by atoms with Gasteiger partial charge in [-0.15, -0.1) is 0 Å². The van der Waals surface area contributed by atoms with Crippen LogP contribution in [-0.4, -0.2) is 12.0 Å². The first-order valence-corrected chi connectivity index (χ1v) is 8.02. The summed E-state index contributed by atoms with van der Waals surface area (Å²) in [4.78, 5) is 12.5. The molecule has 0 bridgehead atoms. The van der Waals surface area contributed by atoms with E-state index in [4.69, 9.17) is 4.74 Å². The Balaban J connectivity index is 2.13. The number of rotatable bonds is 5. The van der Waals surface area contributed by atoms with Gasteiger partial charge in [-0.1, -0.05) is 44.2 Å². The Morgan fingerprint density at radius 1 is 1.04 bits per heavy atom. The summed E-state index contributed by atoms with van der Waals surface area (Å²) in [7, 11) is 0. The van der Waals surface area contributed by atoms with Crippen molar-refractivity contribution >= 4 is 11.6 Å². The summed E-state index contributed by atoms with van der Waals surface area (Å²) in [6, 6.07) is 13.8. The third kappa shape index (κ3) is 4.35. The third-order valence-corrected chi connectivity index (χ3v) is 3.85. The van der Waals surface area contributed by atoms with Crippen LogP contribution in [0.5, 0.6) is 5.75 Å². The molecule has 2 aromatic carbocycles. The average molecular weight is 311 g/mol. The number of aryl methyl sites for hydroxylation is 2. The van der Waals surface area contributed by atoms with Crippen LogP contribution in [0.25, 0.3) is 0 Å². The number of amides is 1. The summed E-state index contributed by atoms with van der Waals surface area (Å²) in [5, 5.41) is 3.03. The Hall–Kier alpha value is -2.29. The van der Waals surface area contributed by atoms with E-state index in [1.54, 1.807) is 6.92 Å². The summed E-state index contributed by atoms with van der Waals surface area (Å²) >= 11 is 0. The summed E-state index contributed by atoms with van der Waals surface area (Å²) in [6.07, 6.45) is -0.559. The van der Waals surface area contributed by atoms with Gasteiger partial charge >= 0.3 is 0 Å². The molecule has 3 nitrogen and oxygen atoms in total. The molecule has 0 heterocycles. The number of hydrogen-bond donors (Lipinski definition) is 1. The van der Waals surface area contributed by atoms with E-state index >= 15 is 0 Å². The maximum absolute atomic E-state index is 12.5. The number of nitrogens with one attached hydrogen (secondary N) is 1. The van der Waals surface area contributed by atoms with Crippen molar-refractivity contribution in [3.05, 3.63) is 59.2 Å². The van der Waals surface area contributed by atoms with Gasteiger partial charge in [0.15, 0.2) is 6.10 Å². The standard InChI is InChI=1S/C20H25NO2/c1-13(2)18-11-7-9-15(4)19(18)21-20(22)16(5)23-17-10-6-8-14(3)12-17/h6-13,16H,1-5H3,(H,21,22)/t16-/m1/s1. The Morgan fingerprint density at radius 2 is 1.74 bits per heavy atom. The molecular weight excluding hydrogens is 286 g/mol. The van der Waals surface area contributed by atoms with Crippen LogP contribution < -0.4 is 10.1 Å². The van der Waals surface area contributed by atoms with Gasteiger partial charge in [-0.25, -0.2) is 0 Å². The Morgan fingerprint density at radius 3 is 2.39 bits per heavy atom. The first kappa shape index (κ1) is 17.1. The van der Waals surface area contributed by atoms with Crippen molar-refractivity contribution in [1.29, 1.82) is 0 Å². The molecule has 0 aromatic heterocycles. The molecule has 0 aliphatic heterocycles. The van der Waals surface area contributed by atoms with E-state index in [-0.39, 0.29) is 5.91 Å². The van der Waals surface area contributed by atoms with Crippen LogP contribution in [0.15, 0.2) is 42.5 Å². The molecule has 1 amide bonds. The molecule has 2 rings (SSSR count). The topological polar surface area (TPSA) is 38.3 Å². The van der Waals surface area contributed by atoms with E-state index in [0.717, 1.165) is 22.4 Å². The van der Waals surface area contributed by atoms with Gasteiger partial charge in [0.2, 0.25) is 0 Å². The van der Waals surface area contributed by atoms with Crippen LogP contribution in [0.2, 0.25) is 0 Å². The molecule has 1 N–H and O–H groups in total. The molecule has 0 unspecified atom stereocenters. The monoisotopic (exact) mass is 311 g/mol. The van der Waals surface area contributed by atoms with E-state index in [1.165, 1.54) is 0 Å². The van der Waals surface area contributed by atoms with E-state index < -0.39 is 6.10 Å². The molecule has 1 atom stereocenters. The van der Waals surface area contributed by atoms with Crippen LogP contribution in [0.3, 0.4) is 0 Å². The zero-order valence-electron chi connectivity index (χ0n) is 14.5. The Kier molecular flexibility index (Phi) is 5.43.